The molecule has 1 unspecified atom stereocenters. The largest absolute Gasteiger partial charge is 0.396 e. The van der Waals surface area contributed by atoms with E-state index in [0.717, 1.165) is 6.42 Å². The molecule has 5 nitrogen and oxygen atoms in total. The zero-order valence-electron chi connectivity index (χ0n) is 10.3. The molecule has 6 heteroatoms. The number of rotatable bonds is 5. The van der Waals surface area contributed by atoms with E-state index in [0.29, 0.717) is 12.1 Å². The Kier molecular flexibility index (Phi) is 4.54. The van der Waals surface area contributed by atoms with Gasteiger partial charge in [0.05, 0.1) is 11.9 Å². The summed E-state index contributed by atoms with van der Waals surface area (Å²) in [5, 5.41) is 16.2. The lowest BCUT2D eigenvalue weighted by Gasteiger charge is -2.30. The topological polar surface area (TPSA) is 67.2 Å². The fourth-order valence-electron chi connectivity index (χ4n) is 1.50. The Bertz CT molecular complexity index is 447. The standard InChI is InChI=1S/C11H18ClN3O2/c1-4-11(2,5-6-16)14-8-7-13-15(3)10(17)9(8)12/h7,14,16H,4-6H2,1-3H3. The van der Waals surface area contributed by atoms with E-state index >= 15 is 0 Å². The lowest BCUT2D eigenvalue weighted by atomic mass is 9.94. The van der Waals surface area contributed by atoms with Gasteiger partial charge >= 0.3 is 0 Å². The Balaban J connectivity index is 3.03. The molecule has 0 fully saturated rings. The molecular formula is C11H18ClN3O2. The van der Waals surface area contributed by atoms with E-state index in [1.165, 1.54) is 10.9 Å². The molecule has 0 bridgehead atoms. The Hall–Kier alpha value is -1.07. The van der Waals surface area contributed by atoms with Crippen LogP contribution in [0.2, 0.25) is 5.02 Å². The predicted octanol–water partition coefficient (Wildman–Crippen LogP) is 1.40. The van der Waals surface area contributed by atoms with Crippen LogP contribution < -0.4 is 10.9 Å². The molecule has 0 aromatic carbocycles. The molecule has 2 N–H and O–H groups in total. The SMILES string of the molecule is CCC(C)(CCO)Nc1cnn(C)c(=O)c1Cl. The fourth-order valence-corrected chi connectivity index (χ4v) is 1.72. The van der Waals surface area contributed by atoms with Crippen LogP contribution in [0, 0.1) is 0 Å². The number of hydrogen-bond acceptors (Lipinski definition) is 4. The van der Waals surface area contributed by atoms with Crippen molar-refractivity contribution in [3.63, 3.8) is 0 Å². The summed E-state index contributed by atoms with van der Waals surface area (Å²) >= 11 is 5.96. The van der Waals surface area contributed by atoms with Crippen molar-refractivity contribution in [1.29, 1.82) is 0 Å². The first-order valence-electron chi connectivity index (χ1n) is 5.54. The maximum atomic E-state index is 11.6. The van der Waals surface area contributed by atoms with Gasteiger partial charge in [0.15, 0.2) is 0 Å². The highest BCUT2D eigenvalue weighted by molar-refractivity contribution is 6.32. The van der Waals surface area contributed by atoms with Crippen LogP contribution in [0.5, 0.6) is 0 Å². The van der Waals surface area contributed by atoms with Crippen LogP contribution in [-0.4, -0.2) is 27.0 Å². The number of nitrogens with one attached hydrogen (secondary N) is 1. The van der Waals surface area contributed by atoms with E-state index in [-0.39, 0.29) is 22.7 Å². The molecule has 1 rings (SSSR count). The summed E-state index contributed by atoms with van der Waals surface area (Å²) < 4.78 is 1.18. The molecule has 0 aliphatic carbocycles. The van der Waals surface area contributed by atoms with Crippen molar-refractivity contribution in [2.75, 3.05) is 11.9 Å². The first kappa shape index (κ1) is 14.0. The van der Waals surface area contributed by atoms with Gasteiger partial charge in [-0.3, -0.25) is 4.79 Å². The van der Waals surface area contributed by atoms with E-state index in [4.69, 9.17) is 16.7 Å². The highest BCUT2D eigenvalue weighted by Gasteiger charge is 2.22. The predicted molar refractivity (Wildman–Crippen MR) is 68.5 cm³/mol. The minimum Gasteiger partial charge on any atom is -0.396 e. The van der Waals surface area contributed by atoms with E-state index < -0.39 is 0 Å². The Morgan fingerprint density at radius 3 is 2.82 bits per heavy atom. The zero-order chi connectivity index (χ0) is 13.1. The summed E-state index contributed by atoms with van der Waals surface area (Å²) in [5.41, 5.74) is -0.126. The van der Waals surface area contributed by atoms with Gasteiger partial charge < -0.3 is 10.4 Å². The molecule has 0 amide bonds. The van der Waals surface area contributed by atoms with Gasteiger partial charge in [0.2, 0.25) is 0 Å². The summed E-state index contributed by atoms with van der Waals surface area (Å²) in [4.78, 5) is 11.6. The summed E-state index contributed by atoms with van der Waals surface area (Å²) in [5.74, 6) is 0. The molecule has 0 saturated heterocycles. The van der Waals surface area contributed by atoms with Crippen LogP contribution in [0.3, 0.4) is 0 Å². The summed E-state index contributed by atoms with van der Waals surface area (Å²) in [7, 11) is 1.55. The van der Waals surface area contributed by atoms with E-state index in [9.17, 15) is 4.79 Å². The number of aromatic nitrogens is 2. The second-order valence-corrected chi connectivity index (χ2v) is 4.69. The Morgan fingerprint density at radius 1 is 1.65 bits per heavy atom. The van der Waals surface area contributed by atoms with Gasteiger partial charge in [-0.1, -0.05) is 18.5 Å². The number of hydrogen-bond donors (Lipinski definition) is 2. The normalized spacial score (nSPS) is 14.4. The number of nitrogens with zero attached hydrogens (tertiary/aromatic N) is 2. The maximum Gasteiger partial charge on any atom is 0.287 e. The third-order valence-corrected chi connectivity index (χ3v) is 3.32. The van der Waals surface area contributed by atoms with Gasteiger partial charge in [-0.15, -0.1) is 0 Å². The Labute approximate surface area is 105 Å². The van der Waals surface area contributed by atoms with Crippen molar-refractivity contribution in [3.05, 3.63) is 21.6 Å². The highest BCUT2D eigenvalue weighted by Crippen LogP contribution is 2.24. The minimum atomic E-state index is -0.334. The summed E-state index contributed by atoms with van der Waals surface area (Å²) in [6, 6.07) is 0. The second-order valence-electron chi connectivity index (χ2n) is 4.31. The van der Waals surface area contributed by atoms with Crippen LogP contribution in [0.15, 0.2) is 11.0 Å². The first-order valence-corrected chi connectivity index (χ1v) is 5.92. The van der Waals surface area contributed by atoms with Crippen LogP contribution >= 0.6 is 11.6 Å². The van der Waals surface area contributed by atoms with Crippen molar-refractivity contribution < 1.29 is 5.11 Å². The number of aliphatic hydroxyl groups excluding tert-OH is 1. The molecule has 0 saturated carbocycles. The molecule has 0 aliphatic rings. The fraction of sp³-hybridized carbons (Fsp3) is 0.636. The van der Waals surface area contributed by atoms with Crippen molar-refractivity contribution in [3.8, 4) is 0 Å². The quantitative estimate of drug-likeness (QED) is 0.839. The van der Waals surface area contributed by atoms with Crippen molar-refractivity contribution in [2.45, 2.75) is 32.2 Å². The van der Waals surface area contributed by atoms with Crippen molar-refractivity contribution in [2.24, 2.45) is 7.05 Å². The van der Waals surface area contributed by atoms with Crippen LogP contribution in [-0.2, 0) is 7.05 Å². The zero-order valence-corrected chi connectivity index (χ0v) is 11.1. The molecule has 1 atom stereocenters. The Morgan fingerprint density at radius 2 is 2.29 bits per heavy atom. The lowest BCUT2D eigenvalue weighted by molar-refractivity contribution is 0.252. The molecular weight excluding hydrogens is 242 g/mol. The lowest BCUT2D eigenvalue weighted by Crippen LogP contribution is -2.36. The monoisotopic (exact) mass is 259 g/mol. The van der Waals surface area contributed by atoms with Crippen molar-refractivity contribution >= 4 is 17.3 Å². The van der Waals surface area contributed by atoms with Gasteiger partial charge in [0, 0.05) is 19.2 Å². The van der Waals surface area contributed by atoms with E-state index in [1.54, 1.807) is 7.05 Å². The molecule has 0 aliphatic heterocycles. The third-order valence-electron chi connectivity index (χ3n) is 2.96. The third kappa shape index (κ3) is 3.20. The second kappa shape index (κ2) is 5.51. The van der Waals surface area contributed by atoms with Crippen LogP contribution in [0.4, 0.5) is 5.69 Å². The van der Waals surface area contributed by atoms with Gasteiger partial charge in [-0.05, 0) is 19.8 Å². The van der Waals surface area contributed by atoms with Crippen LogP contribution in [0.25, 0.3) is 0 Å². The van der Waals surface area contributed by atoms with E-state index in [2.05, 4.69) is 10.4 Å². The molecule has 1 aromatic rings. The van der Waals surface area contributed by atoms with Crippen molar-refractivity contribution in [1.82, 2.24) is 9.78 Å². The maximum absolute atomic E-state index is 11.6. The molecule has 1 aromatic heterocycles. The highest BCUT2D eigenvalue weighted by atomic mass is 35.5. The molecule has 17 heavy (non-hydrogen) atoms. The summed E-state index contributed by atoms with van der Waals surface area (Å²) in [6.07, 6.45) is 2.91. The van der Waals surface area contributed by atoms with Gasteiger partial charge in [-0.25, -0.2) is 4.68 Å². The van der Waals surface area contributed by atoms with E-state index in [1.807, 2.05) is 13.8 Å². The van der Waals surface area contributed by atoms with Crippen LogP contribution in [0.1, 0.15) is 26.7 Å². The first-order chi connectivity index (χ1) is 7.93. The average Bonchev–Trinajstić information content (AvgIpc) is 2.30. The molecule has 1 heterocycles. The number of aryl methyl sites for hydroxylation is 1. The van der Waals surface area contributed by atoms with Gasteiger partial charge in [0.1, 0.15) is 5.02 Å². The van der Waals surface area contributed by atoms with Gasteiger partial charge in [-0.2, -0.15) is 5.10 Å². The number of aliphatic hydroxyl groups is 1. The molecule has 0 radical (unpaired) electrons. The average molecular weight is 260 g/mol. The number of anilines is 1. The van der Waals surface area contributed by atoms with Gasteiger partial charge in [0.25, 0.3) is 5.56 Å². The smallest absolute Gasteiger partial charge is 0.287 e. The summed E-state index contributed by atoms with van der Waals surface area (Å²) in [6.45, 7) is 4.05. The molecule has 0 spiro atoms. The minimum absolute atomic E-state index is 0.0766. The number of halogens is 1. The molecule has 96 valence electrons.